The molecule has 1 aromatic heterocycles. The SMILES string of the molecule is CC(=O)OC[C@H]1O[C@@H](n2c3c4c5c6c7c8c9c%10c%11c%12c%13c%10c%10c8c8c%14c%10c%10c%13c%13c%15c%12c%12c%16c%11c%11c9c7c7c9c%11c%16c%11c%16c%12c%15c%12c%15c%13c%10c%10c%14c(c4c86)c4c%10c%15c6c%12c%16c8c%11c9c(c75)c3c8c6c42)[C@H](OC(C)=O)[C@@H](OC(C)=O)[C@@H]1O[C@H]1O[C@H](COC(C)=O)[C@@H](O[C@H]2O[C@H](COC(C)=O)[C@@H](OC(C)=O)[C@H](OC(C)=O)[C@H]2OC(C)=O)[C@H](OC(C)=O)[C@H]1OC(C)=O. The van der Waals surface area contributed by atoms with Gasteiger partial charge in [-0.3, -0.25) is 47.9 Å². The van der Waals surface area contributed by atoms with E-state index in [1.807, 2.05) is 0 Å². The van der Waals surface area contributed by atoms with Crippen molar-refractivity contribution in [1.82, 2.24) is 4.57 Å². The minimum Gasteiger partial charge on any atom is -0.463 e. The van der Waals surface area contributed by atoms with E-state index in [-0.39, 0.29) is 0 Å². The van der Waals surface area contributed by atoms with E-state index in [4.69, 9.17) is 71.1 Å². The normalized spacial score (nSPS) is 25.5. The number of fused-ring (bicyclic) bond motifs is 5. The lowest BCUT2D eigenvalue weighted by Crippen LogP contribution is -2.68. The highest BCUT2D eigenvalue weighted by Crippen LogP contribution is 2.80. The standard InChI is InChI=1S/C98H51NO25/c1-14(100)110-11-24-88(123-98-95(119-23(10)109)92(116-20(7)106)89(26(122-98)13-112-16(3)102)124-97-94(118-22(9)108)91(115-19(6)105)87(113-17(4)103)25(121-97)12-111-15(2)101)90(114-18(5)104)93(117-21(8)107)96(120-24)99-85-81-74-67-55-47-38-29-27-28-30-33(29)42-49(47)57-58-50(42)48-39(30)41-37-32(28)35-34-31(27)36-40(38)53(55)61-59-45(36)43(34)51-52-44(35)46(37)60-62-54(41)56(48)68-70(58)79(78(81)69(57)67)82-75(68)73(62)77-66(60)64(52)71-63(51)65(59)76(72(61)74)83(85)80(71)84(77)86(82)99/h24-26,87-98H,11-13H2,1-10H3/t24-,25-,26-,87-,88-,89-,90+,91+,92+,93-,94-,95-,96-,97-,98-/m1/s1. The maximum Gasteiger partial charge on any atom is 0.303 e. The summed E-state index contributed by atoms with van der Waals surface area (Å²) in [5.41, 5.74) is 1.67. The second kappa shape index (κ2) is 18.7. The molecule has 0 spiro atoms. The third-order valence-electron chi connectivity index (χ3n) is 31.8. The molecule has 3 aliphatic rings. The largest absolute Gasteiger partial charge is 0.463 e. The van der Waals surface area contributed by atoms with E-state index >= 15 is 4.79 Å². The number of nitrogens with zero attached hydrogens (tertiary/aromatic N) is 1. The molecule has 26 nitrogen and oxygen atoms in total. The summed E-state index contributed by atoms with van der Waals surface area (Å²) in [5.74, 6) is -9.09. The molecule has 3 saturated heterocycles. The molecule has 0 amide bonds. The summed E-state index contributed by atoms with van der Waals surface area (Å²) in [5, 5.41) is 75.5. The van der Waals surface area contributed by atoms with Gasteiger partial charge >= 0.3 is 59.7 Å². The van der Waals surface area contributed by atoms with Crippen LogP contribution in [0.3, 0.4) is 0 Å². The number of esters is 10. The lowest BCUT2D eigenvalue weighted by molar-refractivity contribution is -0.375. The van der Waals surface area contributed by atoms with Crippen molar-refractivity contribution in [2.45, 2.75) is 161 Å². The second-order valence-electron chi connectivity index (χ2n) is 37.1. The Morgan fingerprint density at radius 1 is 0.194 bits per heavy atom. The van der Waals surface area contributed by atoms with Crippen LogP contribution in [-0.2, 0) is 119 Å². The van der Waals surface area contributed by atoms with Gasteiger partial charge in [0, 0.05) is 382 Å². The average Bonchev–Trinajstić information content (AvgIpc) is 1.39. The predicted molar refractivity (Wildman–Crippen MR) is 457 cm³/mol. The highest BCUT2D eigenvalue weighted by molar-refractivity contribution is 6.84. The molecule has 0 radical (unpaired) electrons. The average molecular weight is 1640 g/mol. The Kier molecular flexibility index (Phi) is 9.71. The van der Waals surface area contributed by atoms with E-state index in [0.29, 0.717) is 0 Å². The molecule has 0 N–H and O–H groups in total. The molecule has 0 unspecified atom stereocenters. The third kappa shape index (κ3) is 5.79. The zero-order valence-electron chi connectivity index (χ0n) is 66.4. The number of aromatic nitrogens is 1. The van der Waals surface area contributed by atoms with Gasteiger partial charge < -0.3 is 75.6 Å². The van der Waals surface area contributed by atoms with Gasteiger partial charge in [0.15, 0.2) is 61.5 Å². The quantitative estimate of drug-likeness (QED) is 0.0333. The smallest absolute Gasteiger partial charge is 0.303 e. The molecule has 0 bridgehead atoms. The highest BCUT2D eigenvalue weighted by atomic mass is 16.8. The molecule has 0 saturated carbocycles. The van der Waals surface area contributed by atoms with Crippen LogP contribution >= 0.6 is 0 Å². The summed E-state index contributed by atoms with van der Waals surface area (Å²) >= 11 is 0. The molecule has 3 fully saturated rings. The number of hydrogen-bond acceptors (Lipinski definition) is 25. The van der Waals surface area contributed by atoms with Crippen molar-refractivity contribution < 1.29 is 119 Å². The van der Waals surface area contributed by atoms with Crippen LogP contribution < -0.4 is 0 Å². The van der Waals surface area contributed by atoms with Crippen LogP contribution in [0.15, 0.2) is 0 Å². The zero-order valence-corrected chi connectivity index (χ0v) is 66.4. The van der Waals surface area contributed by atoms with Gasteiger partial charge in [-0.05, 0) is 0 Å². The summed E-state index contributed by atoms with van der Waals surface area (Å²) in [7, 11) is 0. The van der Waals surface area contributed by atoms with Crippen LogP contribution in [0.5, 0.6) is 0 Å². The lowest BCUT2D eigenvalue weighted by atomic mass is 9.84. The van der Waals surface area contributed by atoms with Gasteiger partial charge in [0.05, 0.1) is 11.0 Å². The number of ether oxygens (including phenoxy) is 15. The third-order valence-corrected chi connectivity index (χ3v) is 31.8. The van der Waals surface area contributed by atoms with Crippen molar-refractivity contribution in [2.24, 2.45) is 0 Å². The molecule has 31 aromatic rings. The van der Waals surface area contributed by atoms with E-state index in [1.54, 1.807) is 0 Å². The maximum absolute atomic E-state index is 15.1. The highest BCUT2D eigenvalue weighted by Gasteiger charge is 2.62. The van der Waals surface area contributed by atoms with E-state index in [9.17, 15) is 43.2 Å². The Labute approximate surface area is 684 Å². The molecule has 4 heterocycles. The van der Waals surface area contributed by atoms with Gasteiger partial charge in [-0.1, -0.05) is 0 Å². The van der Waals surface area contributed by atoms with Gasteiger partial charge in [0.2, 0.25) is 0 Å². The summed E-state index contributed by atoms with van der Waals surface area (Å²) in [4.78, 5) is 137. The number of benzene rings is 19. The lowest BCUT2D eigenvalue weighted by Gasteiger charge is -2.50. The molecule has 34 rings (SSSR count). The molecular weight excluding hydrogens is 1590 g/mol. The first-order valence-corrected chi connectivity index (χ1v) is 42.1. The van der Waals surface area contributed by atoms with E-state index in [0.717, 1.165) is 119 Å². The van der Waals surface area contributed by atoms with E-state index in [1.165, 1.54) is 274 Å². The summed E-state index contributed by atoms with van der Waals surface area (Å²) in [6.07, 6.45) is -27.3. The fraction of sp³-hybridized carbons (Fsp3) is 0.286. The molecule has 30 aromatic carbocycles. The number of carbonyl (C=O) groups excluding carboxylic acids is 10. The zero-order chi connectivity index (χ0) is 82.4. The van der Waals surface area contributed by atoms with Crippen LogP contribution in [-0.4, -0.2) is 170 Å². The van der Waals surface area contributed by atoms with Crippen molar-refractivity contribution >= 4 is 383 Å². The van der Waals surface area contributed by atoms with E-state index in [2.05, 4.69) is 4.57 Å². The van der Waals surface area contributed by atoms with Gasteiger partial charge in [-0.25, -0.2) is 0 Å². The van der Waals surface area contributed by atoms with Crippen LogP contribution in [0.2, 0.25) is 0 Å². The number of hydrogen-bond donors (Lipinski definition) is 0. The van der Waals surface area contributed by atoms with Crippen LogP contribution in [0.4, 0.5) is 0 Å². The number of rotatable bonds is 18. The molecule has 26 heteroatoms. The molecular formula is C98H51NO25. The molecule has 598 valence electrons. The predicted octanol–water partition coefficient (Wildman–Crippen LogP) is 16.4. The van der Waals surface area contributed by atoms with Gasteiger partial charge in [0.25, 0.3) is 0 Å². The van der Waals surface area contributed by atoms with Crippen molar-refractivity contribution in [2.75, 3.05) is 19.8 Å². The van der Waals surface area contributed by atoms with Crippen molar-refractivity contribution in [1.29, 1.82) is 0 Å². The van der Waals surface area contributed by atoms with Crippen molar-refractivity contribution in [3.63, 3.8) is 0 Å². The molecule has 124 heavy (non-hydrogen) atoms. The first-order valence-electron chi connectivity index (χ1n) is 42.1. The van der Waals surface area contributed by atoms with Gasteiger partial charge in [0.1, 0.15) is 50.3 Å². The molecule has 0 aliphatic carbocycles. The molecule has 3 aliphatic heterocycles. The fourth-order valence-electron chi connectivity index (χ4n) is 29.8. The van der Waals surface area contributed by atoms with Gasteiger partial charge in [-0.15, -0.1) is 0 Å². The minimum atomic E-state index is -2.09. The van der Waals surface area contributed by atoms with Gasteiger partial charge in [-0.2, -0.15) is 0 Å². The summed E-state index contributed by atoms with van der Waals surface area (Å²) in [6.45, 7) is 8.91. The fourth-order valence-corrected chi connectivity index (χ4v) is 29.8. The van der Waals surface area contributed by atoms with E-state index < -0.39 is 172 Å². The monoisotopic (exact) mass is 1640 g/mol. The Morgan fingerprint density at radius 3 is 0.573 bits per heavy atom. The van der Waals surface area contributed by atoms with Crippen LogP contribution in [0.25, 0.3) is 323 Å². The number of pyridine rings is 1. The van der Waals surface area contributed by atoms with Crippen LogP contribution in [0.1, 0.15) is 75.5 Å². The first kappa shape index (κ1) is 64.3. The Hall–Kier alpha value is -13.5. The topological polar surface area (TPSA) is 314 Å². The maximum atomic E-state index is 15.1. The summed E-state index contributed by atoms with van der Waals surface area (Å²) in [6, 6.07) is 0. The van der Waals surface area contributed by atoms with Crippen LogP contribution in [0, 0.1) is 0 Å². The minimum absolute atomic E-state index is 0.652. The van der Waals surface area contributed by atoms with Crippen molar-refractivity contribution in [3.8, 4) is 0 Å². The molecule has 15 atom stereocenters. The van der Waals surface area contributed by atoms with Crippen molar-refractivity contribution in [3.05, 3.63) is 0 Å². The second-order valence-corrected chi connectivity index (χ2v) is 37.1. The Morgan fingerprint density at radius 2 is 0.355 bits per heavy atom. The Balaban J connectivity index is 0.656. The summed E-state index contributed by atoms with van der Waals surface area (Å²) < 4.78 is 98.7. The Bertz CT molecular complexity index is 9310. The number of carbonyl (C=O) groups is 10. The first-order chi connectivity index (χ1) is 60.0.